The number of hydrogen-bond donors (Lipinski definition) is 2. The average Bonchev–Trinajstić information content (AvgIpc) is 3.58. The molecule has 0 saturated heterocycles. The summed E-state index contributed by atoms with van der Waals surface area (Å²) >= 11 is 0. The number of rotatable bonds is 4. The van der Waals surface area contributed by atoms with Crippen LogP contribution in [0.2, 0.25) is 0 Å². The van der Waals surface area contributed by atoms with Crippen molar-refractivity contribution in [3.63, 3.8) is 0 Å². The molecule has 0 spiro atoms. The lowest BCUT2D eigenvalue weighted by Gasteiger charge is -2.17. The van der Waals surface area contributed by atoms with Crippen LogP contribution in [0.15, 0.2) is 66.7 Å². The molecule has 39 heavy (non-hydrogen) atoms. The van der Waals surface area contributed by atoms with Gasteiger partial charge in [0.1, 0.15) is 5.82 Å². The van der Waals surface area contributed by atoms with Crippen LogP contribution < -0.4 is 0 Å². The quantitative estimate of drug-likeness (QED) is 0.248. The van der Waals surface area contributed by atoms with Gasteiger partial charge in [0.15, 0.2) is 0 Å². The molecule has 0 atom stereocenters. The molecular weight excluding hydrogens is 478 g/mol. The lowest BCUT2D eigenvalue weighted by molar-refractivity contribution is 0.835. The molecule has 0 bridgehead atoms. The Balaban J connectivity index is 1.46. The Bertz CT molecular complexity index is 2000. The molecule has 5 heteroatoms. The molecular formula is C34H33N5. The molecule has 0 radical (unpaired) electrons. The van der Waals surface area contributed by atoms with E-state index in [1.54, 1.807) is 0 Å². The van der Waals surface area contributed by atoms with Crippen molar-refractivity contribution in [2.75, 3.05) is 0 Å². The lowest BCUT2D eigenvalue weighted by Crippen LogP contribution is -2.00. The van der Waals surface area contributed by atoms with Gasteiger partial charge in [-0.15, -0.1) is 0 Å². The van der Waals surface area contributed by atoms with Crippen LogP contribution in [0.4, 0.5) is 0 Å². The number of benzene rings is 4. The molecule has 194 valence electrons. The molecule has 5 nitrogen and oxygen atoms in total. The number of H-pyrrole nitrogens is 2. The smallest absolute Gasteiger partial charge is 0.213 e. The number of fused-ring (bicyclic) bond motifs is 6. The van der Waals surface area contributed by atoms with Gasteiger partial charge in [0.05, 0.1) is 33.1 Å². The third kappa shape index (κ3) is 3.53. The molecule has 3 heterocycles. The summed E-state index contributed by atoms with van der Waals surface area (Å²) in [4.78, 5) is 17.5. The standard InChI is InChI=1S/C34H33N5/c1-18(2)22-12-8-13-23(19(3)4)31(22)33-35-25-16-27-29(17-26(25)36-33)39-28-15-9-14-24(32(28)38-34(39)37-27)30-20(5)10-7-11-21(30)6/h7-19H,1-6H3,(H,35,36)(H,37,38). The number of aryl methyl sites for hydroxylation is 2. The molecule has 3 aromatic heterocycles. The van der Waals surface area contributed by atoms with E-state index in [1.807, 2.05) is 0 Å². The van der Waals surface area contributed by atoms with Gasteiger partial charge in [-0.3, -0.25) is 4.40 Å². The monoisotopic (exact) mass is 511 g/mol. The van der Waals surface area contributed by atoms with Crippen LogP contribution in [-0.2, 0) is 0 Å². The fraction of sp³-hybridized carbons (Fsp3) is 0.235. The second kappa shape index (κ2) is 8.57. The van der Waals surface area contributed by atoms with Crippen LogP contribution >= 0.6 is 0 Å². The zero-order valence-electron chi connectivity index (χ0n) is 23.3. The zero-order chi connectivity index (χ0) is 27.0. The minimum Gasteiger partial charge on any atom is -0.338 e. The van der Waals surface area contributed by atoms with E-state index >= 15 is 0 Å². The maximum Gasteiger partial charge on any atom is 0.213 e. The van der Waals surface area contributed by atoms with Crippen molar-refractivity contribution in [3.8, 4) is 22.5 Å². The molecule has 0 fully saturated rings. The predicted octanol–water partition coefficient (Wildman–Crippen LogP) is 9.04. The Morgan fingerprint density at radius 1 is 0.667 bits per heavy atom. The first-order valence-corrected chi connectivity index (χ1v) is 13.8. The van der Waals surface area contributed by atoms with Gasteiger partial charge in [-0.05, 0) is 71.7 Å². The summed E-state index contributed by atoms with van der Waals surface area (Å²) in [6.07, 6.45) is 0. The average molecular weight is 512 g/mol. The Morgan fingerprint density at radius 2 is 1.33 bits per heavy atom. The summed E-state index contributed by atoms with van der Waals surface area (Å²) in [6.45, 7) is 13.4. The first kappa shape index (κ1) is 23.7. The molecule has 0 saturated carbocycles. The fourth-order valence-corrected chi connectivity index (χ4v) is 6.26. The minimum atomic E-state index is 0.407. The summed E-state index contributed by atoms with van der Waals surface area (Å²) in [5.74, 6) is 2.60. The molecule has 0 aliphatic rings. The minimum absolute atomic E-state index is 0.407. The summed E-state index contributed by atoms with van der Waals surface area (Å²) in [7, 11) is 0. The first-order valence-electron chi connectivity index (χ1n) is 13.8. The van der Waals surface area contributed by atoms with Gasteiger partial charge in [-0.1, -0.05) is 76.2 Å². The van der Waals surface area contributed by atoms with Crippen LogP contribution in [0.1, 0.15) is 61.8 Å². The van der Waals surface area contributed by atoms with E-state index in [0.717, 1.165) is 44.7 Å². The predicted molar refractivity (Wildman–Crippen MR) is 163 cm³/mol. The Labute approximate surface area is 227 Å². The van der Waals surface area contributed by atoms with E-state index in [-0.39, 0.29) is 0 Å². The van der Waals surface area contributed by atoms with Crippen LogP contribution in [0.3, 0.4) is 0 Å². The van der Waals surface area contributed by atoms with Crippen LogP contribution in [0.5, 0.6) is 0 Å². The highest BCUT2D eigenvalue weighted by atomic mass is 15.1. The number of hydrogen-bond acceptors (Lipinski definition) is 2. The van der Waals surface area contributed by atoms with Gasteiger partial charge >= 0.3 is 0 Å². The normalized spacial score (nSPS) is 12.3. The van der Waals surface area contributed by atoms with Gasteiger partial charge in [0.25, 0.3) is 0 Å². The van der Waals surface area contributed by atoms with Gasteiger partial charge in [-0.25, -0.2) is 9.97 Å². The van der Waals surface area contributed by atoms with Crippen LogP contribution in [0.25, 0.3) is 61.4 Å². The second-order valence-electron chi connectivity index (χ2n) is 11.4. The zero-order valence-corrected chi connectivity index (χ0v) is 23.3. The summed E-state index contributed by atoms with van der Waals surface area (Å²) < 4.78 is 2.23. The van der Waals surface area contributed by atoms with Crippen molar-refractivity contribution in [1.82, 2.24) is 24.3 Å². The summed E-state index contributed by atoms with van der Waals surface area (Å²) in [6, 6.07) is 23.9. The van der Waals surface area contributed by atoms with E-state index in [4.69, 9.17) is 9.97 Å². The van der Waals surface area contributed by atoms with Crippen LogP contribution in [-0.4, -0.2) is 24.3 Å². The van der Waals surface area contributed by atoms with Gasteiger partial charge in [0, 0.05) is 11.1 Å². The molecule has 7 rings (SSSR count). The molecule has 0 unspecified atom stereocenters. The molecule has 0 aliphatic carbocycles. The SMILES string of the molecule is Cc1cccc(C)c1-c1cccc2c1nc1[nH]c3cc4[nH]c(-c5c(C(C)C)cccc5C(C)C)nc4cc3n12. The maximum atomic E-state index is 5.16. The third-order valence-corrected chi connectivity index (χ3v) is 8.13. The van der Waals surface area contributed by atoms with E-state index in [2.05, 4.69) is 123 Å². The van der Waals surface area contributed by atoms with Gasteiger partial charge in [0.2, 0.25) is 5.78 Å². The largest absolute Gasteiger partial charge is 0.338 e. The van der Waals surface area contributed by atoms with Crippen molar-refractivity contribution in [2.24, 2.45) is 0 Å². The summed E-state index contributed by atoms with van der Waals surface area (Å²) in [5, 5.41) is 0. The van der Waals surface area contributed by atoms with E-state index in [1.165, 1.54) is 38.9 Å². The highest BCUT2D eigenvalue weighted by Crippen LogP contribution is 2.38. The van der Waals surface area contributed by atoms with E-state index in [0.29, 0.717) is 11.8 Å². The number of nitrogens with zero attached hydrogens (tertiary/aromatic N) is 3. The molecule has 4 aromatic carbocycles. The Morgan fingerprint density at radius 3 is 2.03 bits per heavy atom. The lowest BCUT2D eigenvalue weighted by atomic mass is 9.88. The van der Waals surface area contributed by atoms with E-state index in [9.17, 15) is 0 Å². The van der Waals surface area contributed by atoms with Crippen molar-refractivity contribution < 1.29 is 0 Å². The maximum absolute atomic E-state index is 5.16. The highest BCUT2D eigenvalue weighted by Gasteiger charge is 2.20. The number of para-hydroxylation sites is 1. The van der Waals surface area contributed by atoms with Crippen molar-refractivity contribution in [3.05, 3.63) is 89.0 Å². The summed E-state index contributed by atoms with van der Waals surface area (Å²) in [5.41, 5.74) is 15.1. The topological polar surface area (TPSA) is 61.8 Å². The third-order valence-electron chi connectivity index (χ3n) is 8.13. The van der Waals surface area contributed by atoms with Crippen molar-refractivity contribution in [2.45, 2.75) is 53.4 Å². The number of aromatic amines is 2. The van der Waals surface area contributed by atoms with Crippen molar-refractivity contribution in [1.29, 1.82) is 0 Å². The Hall–Kier alpha value is -4.38. The van der Waals surface area contributed by atoms with Gasteiger partial charge < -0.3 is 9.97 Å². The number of aromatic nitrogens is 5. The molecule has 2 N–H and O–H groups in total. The Kier molecular flexibility index (Phi) is 5.21. The fourth-order valence-electron chi connectivity index (χ4n) is 6.26. The van der Waals surface area contributed by atoms with Crippen LogP contribution in [0, 0.1) is 13.8 Å². The molecule has 0 amide bonds. The van der Waals surface area contributed by atoms with E-state index < -0.39 is 0 Å². The van der Waals surface area contributed by atoms with Gasteiger partial charge in [-0.2, -0.15) is 0 Å². The first-order chi connectivity index (χ1) is 18.8. The molecule has 7 aromatic rings. The second-order valence-corrected chi connectivity index (χ2v) is 11.4. The number of nitrogens with one attached hydrogen (secondary N) is 2. The highest BCUT2D eigenvalue weighted by molar-refractivity contribution is 6.01. The number of imidazole rings is 3. The van der Waals surface area contributed by atoms with Crippen molar-refractivity contribution >= 4 is 38.9 Å². The molecule has 0 aliphatic heterocycles.